The van der Waals surface area contributed by atoms with Gasteiger partial charge in [0.25, 0.3) is 5.91 Å². The number of phenols is 1. The Morgan fingerprint density at radius 2 is 2.31 bits per heavy atom. The summed E-state index contributed by atoms with van der Waals surface area (Å²) in [6.45, 7) is 0. The van der Waals surface area contributed by atoms with Crippen molar-refractivity contribution in [2.24, 2.45) is 0 Å². The fraction of sp³-hybridized carbons (Fsp3) is 0. The number of aromatic amines is 1. The Morgan fingerprint density at radius 1 is 1.50 bits per heavy atom. The third kappa shape index (κ3) is 1.96. The van der Waals surface area contributed by atoms with E-state index in [-0.39, 0.29) is 22.3 Å². The fourth-order valence-corrected chi connectivity index (χ4v) is 1.31. The number of H-pyrrole nitrogens is 1. The number of hydrogen-bond donors (Lipinski definition) is 3. The number of para-hydroxylation sites is 1. The molecule has 0 saturated carbocycles. The van der Waals surface area contributed by atoms with Gasteiger partial charge in [-0.2, -0.15) is 10.1 Å². The lowest BCUT2D eigenvalue weighted by molar-refractivity contribution is 0.102. The Bertz CT molecular complexity index is 512. The Morgan fingerprint density at radius 3 is 3.00 bits per heavy atom. The highest BCUT2D eigenvalue weighted by Gasteiger charge is 2.14. The van der Waals surface area contributed by atoms with Gasteiger partial charge in [0.1, 0.15) is 12.1 Å². The van der Waals surface area contributed by atoms with Gasteiger partial charge in [-0.05, 0) is 12.1 Å². The van der Waals surface area contributed by atoms with E-state index in [1.165, 1.54) is 18.5 Å². The quantitative estimate of drug-likeness (QED) is 0.738. The maximum Gasteiger partial charge on any atom is 0.261 e. The molecule has 16 heavy (non-hydrogen) atoms. The van der Waals surface area contributed by atoms with Crippen molar-refractivity contribution in [3.8, 4) is 5.75 Å². The van der Waals surface area contributed by atoms with Crippen molar-refractivity contribution in [2.45, 2.75) is 0 Å². The van der Waals surface area contributed by atoms with Crippen molar-refractivity contribution < 1.29 is 9.90 Å². The molecule has 1 aromatic heterocycles. The molecule has 0 aliphatic rings. The standard InChI is InChI=1S/C9H7ClN4O2/c10-6-3-1-2-5(7(6)15)8(16)13-9-11-4-12-14-9/h1-4,15H,(H2,11,12,13,14,16). The Hall–Kier alpha value is -2.08. The lowest BCUT2D eigenvalue weighted by Crippen LogP contribution is -2.13. The second kappa shape index (κ2) is 4.19. The van der Waals surface area contributed by atoms with E-state index >= 15 is 0 Å². The van der Waals surface area contributed by atoms with Crippen LogP contribution < -0.4 is 5.32 Å². The largest absolute Gasteiger partial charge is 0.506 e. The minimum absolute atomic E-state index is 0.0731. The molecule has 0 saturated heterocycles. The second-order valence-corrected chi connectivity index (χ2v) is 3.33. The molecule has 1 amide bonds. The Balaban J connectivity index is 2.24. The monoisotopic (exact) mass is 238 g/mol. The number of aromatic nitrogens is 3. The highest BCUT2D eigenvalue weighted by Crippen LogP contribution is 2.27. The van der Waals surface area contributed by atoms with Crippen molar-refractivity contribution in [3.05, 3.63) is 35.1 Å². The van der Waals surface area contributed by atoms with Gasteiger partial charge < -0.3 is 5.11 Å². The van der Waals surface area contributed by atoms with Crippen molar-refractivity contribution in [1.29, 1.82) is 0 Å². The number of aromatic hydroxyl groups is 1. The lowest BCUT2D eigenvalue weighted by Gasteiger charge is -2.04. The number of anilines is 1. The minimum atomic E-state index is -0.517. The van der Waals surface area contributed by atoms with Crippen molar-refractivity contribution >= 4 is 23.5 Å². The molecule has 0 atom stereocenters. The third-order valence-corrected chi connectivity index (χ3v) is 2.18. The zero-order chi connectivity index (χ0) is 11.5. The average Bonchev–Trinajstić information content (AvgIpc) is 2.74. The van der Waals surface area contributed by atoms with Crippen LogP contribution >= 0.6 is 11.6 Å². The SMILES string of the molecule is O=C(Nc1ncn[nH]1)c1cccc(Cl)c1O. The minimum Gasteiger partial charge on any atom is -0.506 e. The maximum atomic E-state index is 11.7. The van der Waals surface area contributed by atoms with Crippen LogP contribution in [0.3, 0.4) is 0 Å². The smallest absolute Gasteiger partial charge is 0.261 e. The van der Waals surface area contributed by atoms with Crippen molar-refractivity contribution in [2.75, 3.05) is 5.32 Å². The van der Waals surface area contributed by atoms with Gasteiger partial charge in [-0.15, -0.1) is 0 Å². The first kappa shape index (κ1) is 10.4. The molecule has 1 heterocycles. The van der Waals surface area contributed by atoms with Crippen LogP contribution in [0.2, 0.25) is 5.02 Å². The van der Waals surface area contributed by atoms with E-state index < -0.39 is 5.91 Å². The molecule has 82 valence electrons. The normalized spacial score (nSPS) is 10.1. The molecule has 3 N–H and O–H groups in total. The summed E-state index contributed by atoms with van der Waals surface area (Å²) < 4.78 is 0. The third-order valence-electron chi connectivity index (χ3n) is 1.88. The Labute approximate surface area is 95.3 Å². The van der Waals surface area contributed by atoms with Crippen LogP contribution in [0.4, 0.5) is 5.95 Å². The van der Waals surface area contributed by atoms with E-state index in [9.17, 15) is 9.90 Å². The van der Waals surface area contributed by atoms with Crippen molar-refractivity contribution in [3.63, 3.8) is 0 Å². The first-order valence-corrected chi connectivity index (χ1v) is 4.70. The number of phenolic OH excluding ortho intramolecular Hbond substituents is 1. The zero-order valence-corrected chi connectivity index (χ0v) is 8.69. The topological polar surface area (TPSA) is 90.9 Å². The summed E-state index contributed by atoms with van der Waals surface area (Å²) in [7, 11) is 0. The van der Waals surface area contributed by atoms with E-state index in [1.807, 2.05) is 0 Å². The summed E-state index contributed by atoms with van der Waals surface area (Å²) in [5.41, 5.74) is 0.0731. The fourth-order valence-electron chi connectivity index (χ4n) is 1.14. The highest BCUT2D eigenvalue weighted by atomic mass is 35.5. The molecule has 0 unspecified atom stereocenters. The van der Waals surface area contributed by atoms with E-state index in [1.54, 1.807) is 6.07 Å². The summed E-state index contributed by atoms with van der Waals surface area (Å²) in [6.07, 6.45) is 1.26. The molecule has 1 aromatic carbocycles. The van der Waals surface area contributed by atoms with Gasteiger partial charge in [-0.25, -0.2) is 5.10 Å². The van der Waals surface area contributed by atoms with Crippen LogP contribution in [0, 0.1) is 0 Å². The van der Waals surface area contributed by atoms with Gasteiger partial charge >= 0.3 is 0 Å². The van der Waals surface area contributed by atoms with Crippen LogP contribution in [0.15, 0.2) is 24.5 Å². The molecule has 0 radical (unpaired) electrons. The predicted molar refractivity (Wildman–Crippen MR) is 57.5 cm³/mol. The molecular weight excluding hydrogens is 232 g/mol. The summed E-state index contributed by atoms with van der Waals surface area (Å²) in [4.78, 5) is 15.4. The van der Waals surface area contributed by atoms with E-state index in [4.69, 9.17) is 11.6 Å². The van der Waals surface area contributed by atoms with Crippen LogP contribution in [0.1, 0.15) is 10.4 Å². The first-order valence-electron chi connectivity index (χ1n) is 4.32. The van der Waals surface area contributed by atoms with E-state index in [0.717, 1.165) is 0 Å². The summed E-state index contributed by atoms with van der Waals surface area (Å²) in [6, 6.07) is 4.51. The van der Waals surface area contributed by atoms with Crippen LogP contribution in [-0.4, -0.2) is 26.2 Å². The molecule has 0 aliphatic carbocycles. The number of hydrogen-bond acceptors (Lipinski definition) is 4. The summed E-state index contributed by atoms with van der Waals surface area (Å²) in [5.74, 6) is -0.581. The van der Waals surface area contributed by atoms with Crippen LogP contribution in [0.5, 0.6) is 5.75 Å². The molecule has 2 aromatic rings. The van der Waals surface area contributed by atoms with Gasteiger partial charge in [0.2, 0.25) is 5.95 Å². The number of carbonyl (C=O) groups excluding carboxylic acids is 1. The van der Waals surface area contributed by atoms with Gasteiger partial charge in [0, 0.05) is 0 Å². The number of carbonyl (C=O) groups is 1. The number of rotatable bonds is 2. The molecule has 0 aliphatic heterocycles. The van der Waals surface area contributed by atoms with Crippen LogP contribution in [-0.2, 0) is 0 Å². The molecule has 0 fully saturated rings. The second-order valence-electron chi connectivity index (χ2n) is 2.92. The Kier molecular flexibility index (Phi) is 2.74. The van der Waals surface area contributed by atoms with Gasteiger partial charge in [-0.3, -0.25) is 10.1 Å². The predicted octanol–water partition coefficient (Wildman–Crippen LogP) is 1.42. The average molecular weight is 239 g/mol. The molecule has 2 rings (SSSR count). The highest BCUT2D eigenvalue weighted by molar-refractivity contribution is 6.32. The van der Waals surface area contributed by atoms with Gasteiger partial charge in [-0.1, -0.05) is 17.7 Å². The van der Waals surface area contributed by atoms with E-state index in [0.29, 0.717) is 0 Å². The van der Waals surface area contributed by atoms with Crippen LogP contribution in [0.25, 0.3) is 0 Å². The van der Waals surface area contributed by atoms with Gasteiger partial charge in [0.15, 0.2) is 0 Å². The molecule has 7 heteroatoms. The van der Waals surface area contributed by atoms with Gasteiger partial charge in [0.05, 0.1) is 10.6 Å². The number of nitrogens with one attached hydrogen (secondary N) is 2. The first-order chi connectivity index (χ1) is 7.68. The lowest BCUT2D eigenvalue weighted by atomic mass is 10.2. The molecular formula is C9H7ClN4O2. The molecule has 0 spiro atoms. The summed E-state index contributed by atoms with van der Waals surface area (Å²) in [5, 5.41) is 18.1. The summed E-state index contributed by atoms with van der Waals surface area (Å²) >= 11 is 5.67. The number of halogens is 1. The molecule has 6 nitrogen and oxygen atoms in total. The van der Waals surface area contributed by atoms with Crippen molar-refractivity contribution in [1.82, 2.24) is 15.2 Å². The number of amides is 1. The number of benzene rings is 1. The molecule has 0 bridgehead atoms. The zero-order valence-electron chi connectivity index (χ0n) is 7.94. The number of nitrogens with zero attached hydrogens (tertiary/aromatic N) is 2. The maximum absolute atomic E-state index is 11.7. The van der Waals surface area contributed by atoms with E-state index in [2.05, 4.69) is 20.5 Å².